The van der Waals surface area contributed by atoms with Crippen LogP contribution in [0.3, 0.4) is 0 Å². The summed E-state index contributed by atoms with van der Waals surface area (Å²) in [6, 6.07) is 8.05. The van der Waals surface area contributed by atoms with E-state index in [2.05, 4.69) is 17.3 Å². The maximum absolute atomic E-state index is 13.1. The number of aryl methyl sites for hydroxylation is 2. The smallest absolute Gasteiger partial charge is 0.260 e. The van der Waals surface area contributed by atoms with Gasteiger partial charge in [-0.15, -0.1) is 0 Å². The van der Waals surface area contributed by atoms with Crippen LogP contribution in [0.15, 0.2) is 41.5 Å². The normalized spacial score (nSPS) is 19.6. The standard InChI is InChI=1S/C23H25N5O2/c1-13-10-16(6-8-24-13)28-9-7-20-17(23(28)30)4-5-19(25-20)18-11-15-12-27(3)26-21(15)14(2)22(18)29/h4-5,7,9,11-13,16,24,29H,6,8,10H2,1-3H3/t13?,16-/m0/s1. The molecule has 1 aliphatic rings. The first-order chi connectivity index (χ1) is 14.4. The molecule has 0 radical (unpaired) electrons. The van der Waals surface area contributed by atoms with Crippen molar-refractivity contribution in [3.63, 3.8) is 0 Å². The number of aromatic nitrogens is 4. The van der Waals surface area contributed by atoms with Crippen LogP contribution in [0.25, 0.3) is 33.1 Å². The molecule has 3 aromatic heterocycles. The van der Waals surface area contributed by atoms with Gasteiger partial charge in [0.2, 0.25) is 0 Å². The maximum atomic E-state index is 13.1. The van der Waals surface area contributed by atoms with Gasteiger partial charge in [0.15, 0.2) is 0 Å². The molecule has 0 saturated carbocycles. The Morgan fingerprint density at radius 2 is 2.10 bits per heavy atom. The van der Waals surface area contributed by atoms with Crippen LogP contribution in [0.1, 0.15) is 31.4 Å². The molecule has 5 rings (SSSR count). The predicted molar refractivity (Wildman–Crippen MR) is 118 cm³/mol. The first-order valence-electron chi connectivity index (χ1n) is 10.3. The van der Waals surface area contributed by atoms with E-state index in [0.717, 1.165) is 35.9 Å². The minimum atomic E-state index is -0.00577. The van der Waals surface area contributed by atoms with E-state index in [4.69, 9.17) is 4.98 Å². The zero-order valence-corrected chi connectivity index (χ0v) is 17.4. The summed E-state index contributed by atoms with van der Waals surface area (Å²) < 4.78 is 3.59. The number of rotatable bonds is 2. The van der Waals surface area contributed by atoms with E-state index < -0.39 is 0 Å². The zero-order valence-electron chi connectivity index (χ0n) is 17.4. The van der Waals surface area contributed by atoms with Crippen molar-refractivity contribution < 1.29 is 5.11 Å². The fraction of sp³-hybridized carbons (Fsp3) is 0.348. The first kappa shape index (κ1) is 18.8. The quantitative estimate of drug-likeness (QED) is 0.537. The number of benzene rings is 1. The van der Waals surface area contributed by atoms with Crippen molar-refractivity contribution in [2.75, 3.05) is 6.54 Å². The zero-order chi connectivity index (χ0) is 21.0. The van der Waals surface area contributed by atoms with E-state index in [1.807, 2.05) is 55.2 Å². The lowest BCUT2D eigenvalue weighted by Gasteiger charge is -2.29. The minimum Gasteiger partial charge on any atom is -0.507 e. The van der Waals surface area contributed by atoms with Gasteiger partial charge in [-0.05, 0) is 57.5 Å². The van der Waals surface area contributed by atoms with Crippen LogP contribution in [0.2, 0.25) is 0 Å². The van der Waals surface area contributed by atoms with E-state index in [1.165, 1.54) is 0 Å². The van der Waals surface area contributed by atoms with Gasteiger partial charge in [-0.1, -0.05) is 0 Å². The molecule has 0 amide bonds. The molecule has 30 heavy (non-hydrogen) atoms. The second kappa shape index (κ2) is 6.95. The molecule has 1 aliphatic heterocycles. The van der Waals surface area contributed by atoms with E-state index >= 15 is 0 Å². The lowest BCUT2D eigenvalue weighted by Crippen LogP contribution is -2.39. The third kappa shape index (κ3) is 2.97. The summed E-state index contributed by atoms with van der Waals surface area (Å²) in [5, 5.41) is 20.2. The molecular weight excluding hydrogens is 378 g/mol. The van der Waals surface area contributed by atoms with Gasteiger partial charge >= 0.3 is 0 Å². The van der Waals surface area contributed by atoms with Crippen LogP contribution >= 0.6 is 0 Å². The Bertz CT molecular complexity index is 1340. The Morgan fingerprint density at radius 3 is 2.90 bits per heavy atom. The topological polar surface area (TPSA) is 85.0 Å². The first-order valence-corrected chi connectivity index (χ1v) is 10.3. The molecule has 1 aromatic carbocycles. The Morgan fingerprint density at radius 1 is 1.27 bits per heavy atom. The number of hydrogen-bond donors (Lipinski definition) is 2. The number of fused-ring (bicyclic) bond motifs is 2. The average Bonchev–Trinajstić information content (AvgIpc) is 3.11. The number of phenolic OH excluding ortho intramolecular Hbond substituents is 1. The fourth-order valence-corrected chi connectivity index (χ4v) is 4.57. The Balaban J connectivity index is 1.61. The van der Waals surface area contributed by atoms with Crippen LogP contribution in [-0.4, -0.2) is 37.0 Å². The molecule has 0 bridgehead atoms. The van der Waals surface area contributed by atoms with Gasteiger partial charge in [0.05, 0.1) is 22.1 Å². The summed E-state index contributed by atoms with van der Waals surface area (Å²) in [4.78, 5) is 17.8. The molecular formula is C23H25N5O2. The molecule has 1 fully saturated rings. The highest BCUT2D eigenvalue weighted by atomic mass is 16.3. The SMILES string of the molecule is Cc1c(O)c(-c2ccc3c(=O)n([C@H]4CCNC(C)C4)ccc3n2)cc2cn(C)nc12. The van der Waals surface area contributed by atoms with Gasteiger partial charge in [-0.3, -0.25) is 9.48 Å². The van der Waals surface area contributed by atoms with Crippen molar-refractivity contribution in [3.8, 4) is 17.0 Å². The molecule has 154 valence electrons. The van der Waals surface area contributed by atoms with Gasteiger partial charge in [-0.2, -0.15) is 5.10 Å². The van der Waals surface area contributed by atoms with Gasteiger partial charge < -0.3 is 15.0 Å². The number of piperidine rings is 1. The molecule has 2 atom stereocenters. The summed E-state index contributed by atoms with van der Waals surface area (Å²) in [5.41, 5.74) is 3.42. The molecule has 7 heteroatoms. The van der Waals surface area contributed by atoms with Crippen LogP contribution < -0.4 is 10.9 Å². The molecule has 7 nitrogen and oxygen atoms in total. The largest absolute Gasteiger partial charge is 0.507 e. The summed E-state index contributed by atoms with van der Waals surface area (Å²) in [7, 11) is 1.86. The number of phenols is 1. The number of hydrogen-bond acceptors (Lipinski definition) is 5. The van der Waals surface area contributed by atoms with Crippen molar-refractivity contribution in [2.24, 2.45) is 7.05 Å². The van der Waals surface area contributed by atoms with Crippen LogP contribution in [0, 0.1) is 6.92 Å². The third-order valence-corrected chi connectivity index (χ3v) is 6.17. The lowest BCUT2D eigenvalue weighted by atomic mass is 10.00. The Labute approximate surface area is 174 Å². The molecule has 0 aliphatic carbocycles. The molecule has 0 spiro atoms. The average molecular weight is 403 g/mol. The minimum absolute atomic E-state index is 0.00577. The second-order valence-electron chi connectivity index (χ2n) is 8.33. The highest BCUT2D eigenvalue weighted by Gasteiger charge is 2.21. The Hall–Kier alpha value is -3.19. The number of nitrogens with zero attached hydrogens (tertiary/aromatic N) is 4. The number of aromatic hydroxyl groups is 1. The summed E-state index contributed by atoms with van der Waals surface area (Å²) in [6.07, 6.45) is 5.67. The predicted octanol–water partition coefficient (Wildman–Crippen LogP) is 3.28. The van der Waals surface area contributed by atoms with Crippen molar-refractivity contribution in [1.82, 2.24) is 24.6 Å². The second-order valence-corrected chi connectivity index (χ2v) is 8.33. The van der Waals surface area contributed by atoms with Gasteiger partial charge in [0, 0.05) is 48.0 Å². The summed E-state index contributed by atoms with van der Waals surface area (Å²) >= 11 is 0. The molecule has 2 N–H and O–H groups in total. The van der Waals surface area contributed by atoms with E-state index in [1.54, 1.807) is 4.68 Å². The van der Waals surface area contributed by atoms with Crippen molar-refractivity contribution >= 4 is 21.8 Å². The van der Waals surface area contributed by atoms with E-state index in [9.17, 15) is 9.90 Å². The van der Waals surface area contributed by atoms with Crippen molar-refractivity contribution in [2.45, 2.75) is 38.8 Å². The molecule has 1 unspecified atom stereocenters. The van der Waals surface area contributed by atoms with Gasteiger partial charge in [0.25, 0.3) is 5.56 Å². The molecule has 4 heterocycles. The summed E-state index contributed by atoms with van der Waals surface area (Å²) in [5.74, 6) is 0.171. The van der Waals surface area contributed by atoms with Gasteiger partial charge in [0.1, 0.15) is 5.75 Å². The number of nitrogens with one attached hydrogen (secondary N) is 1. The van der Waals surface area contributed by atoms with Crippen molar-refractivity contribution in [3.05, 3.63) is 52.6 Å². The molecule has 1 saturated heterocycles. The van der Waals surface area contributed by atoms with Crippen LogP contribution in [-0.2, 0) is 7.05 Å². The van der Waals surface area contributed by atoms with Gasteiger partial charge in [-0.25, -0.2) is 4.98 Å². The van der Waals surface area contributed by atoms with Crippen LogP contribution in [0.5, 0.6) is 5.75 Å². The monoisotopic (exact) mass is 403 g/mol. The number of pyridine rings is 2. The highest BCUT2D eigenvalue weighted by molar-refractivity contribution is 5.91. The van der Waals surface area contributed by atoms with E-state index in [-0.39, 0.29) is 17.4 Å². The summed E-state index contributed by atoms with van der Waals surface area (Å²) in [6.45, 7) is 4.93. The maximum Gasteiger partial charge on any atom is 0.260 e. The lowest BCUT2D eigenvalue weighted by molar-refractivity contribution is 0.309. The van der Waals surface area contributed by atoms with Crippen molar-refractivity contribution in [1.29, 1.82) is 0 Å². The highest BCUT2D eigenvalue weighted by Crippen LogP contribution is 2.36. The van der Waals surface area contributed by atoms with E-state index in [0.29, 0.717) is 28.2 Å². The Kier molecular flexibility index (Phi) is 4.36. The third-order valence-electron chi connectivity index (χ3n) is 6.17. The van der Waals surface area contributed by atoms with Crippen LogP contribution in [0.4, 0.5) is 0 Å². The molecule has 4 aromatic rings. The fourth-order valence-electron chi connectivity index (χ4n) is 4.57.